The fraction of sp³-hybridized carbons (Fsp3) is 0.545. The van der Waals surface area contributed by atoms with Gasteiger partial charge in [-0.05, 0) is 29.2 Å². The molecule has 0 aliphatic carbocycles. The second kappa shape index (κ2) is 13.7. The van der Waals surface area contributed by atoms with E-state index >= 15 is 0 Å². The first-order chi connectivity index (χ1) is 12.9. The molecule has 0 saturated carbocycles. The maximum absolute atomic E-state index is 8.74. The van der Waals surface area contributed by atoms with E-state index in [9.17, 15) is 0 Å². The molecule has 0 spiro atoms. The van der Waals surface area contributed by atoms with Crippen LogP contribution < -0.4 is 0 Å². The van der Waals surface area contributed by atoms with Gasteiger partial charge in [0.05, 0.1) is 0 Å². The largest absolute Gasteiger partial charge is 0.394 e. The smallest absolute Gasteiger partial charge is 0.264 e. The first-order valence-electron chi connectivity index (χ1n) is 10.1. The molecule has 0 fully saturated rings. The van der Waals surface area contributed by atoms with Crippen LogP contribution in [0.4, 0.5) is 0 Å². The summed E-state index contributed by atoms with van der Waals surface area (Å²) in [4.78, 5) is 0. The van der Waals surface area contributed by atoms with Crippen LogP contribution in [0.1, 0.15) is 76.7 Å². The Hall–Kier alpha value is -1.43. The highest BCUT2D eigenvalue weighted by Crippen LogP contribution is 2.20. The highest BCUT2D eigenvalue weighted by molar-refractivity contribution is 7.79. The Morgan fingerprint density at radius 1 is 0.704 bits per heavy atom. The molecule has 152 valence electrons. The molecule has 4 nitrogen and oxygen atoms in total. The van der Waals surface area contributed by atoms with Crippen molar-refractivity contribution in [1.82, 2.24) is 0 Å². The lowest BCUT2D eigenvalue weighted by atomic mass is 9.99. The van der Waals surface area contributed by atoms with Gasteiger partial charge >= 0.3 is 10.4 Å². The zero-order valence-corrected chi connectivity index (χ0v) is 17.3. The molecular formula is C22H34O4S. The van der Waals surface area contributed by atoms with Gasteiger partial charge < -0.3 is 0 Å². The van der Waals surface area contributed by atoms with Crippen molar-refractivity contribution in [2.45, 2.75) is 77.6 Å². The Morgan fingerprint density at radius 3 is 1.78 bits per heavy atom. The summed E-state index contributed by atoms with van der Waals surface area (Å²) in [7, 11) is -4.67. The van der Waals surface area contributed by atoms with E-state index in [1.165, 1.54) is 87.0 Å². The Balaban J connectivity index is 0.000000646. The zero-order chi connectivity index (χ0) is 20.0. The van der Waals surface area contributed by atoms with Crippen molar-refractivity contribution in [1.29, 1.82) is 0 Å². The molecule has 0 aromatic heterocycles. The predicted octanol–water partition coefficient (Wildman–Crippen LogP) is 6.65. The van der Waals surface area contributed by atoms with Crippen LogP contribution in [-0.2, 0) is 16.8 Å². The predicted molar refractivity (Wildman–Crippen MR) is 114 cm³/mol. The molecule has 0 bridgehead atoms. The summed E-state index contributed by atoms with van der Waals surface area (Å²) in [6.45, 7) is 2.29. The van der Waals surface area contributed by atoms with Crippen LogP contribution in [-0.4, -0.2) is 17.5 Å². The second-order valence-corrected chi connectivity index (χ2v) is 7.91. The maximum Gasteiger partial charge on any atom is 0.394 e. The number of benzene rings is 2. The third kappa shape index (κ3) is 12.6. The molecule has 0 aliphatic rings. The Labute approximate surface area is 164 Å². The monoisotopic (exact) mass is 394 g/mol. The highest BCUT2D eigenvalue weighted by atomic mass is 32.3. The molecule has 2 rings (SSSR count). The van der Waals surface area contributed by atoms with Gasteiger partial charge in [0.1, 0.15) is 0 Å². The molecule has 27 heavy (non-hydrogen) atoms. The molecule has 0 heterocycles. The molecule has 0 aliphatic heterocycles. The van der Waals surface area contributed by atoms with Gasteiger partial charge in [-0.3, -0.25) is 9.11 Å². The Bertz CT molecular complexity index is 728. The summed E-state index contributed by atoms with van der Waals surface area (Å²) in [6.07, 6.45) is 15.4. The van der Waals surface area contributed by atoms with Crippen LogP contribution in [0.25, 0.3) is 10.8 Å². The first kappa shape index (κ1) is 23.6. The lowest BCUT2D eigenvalue weighted by Crippen LogP contribution is -1.89. The lowest BCUT2D eigenvalue weighted by molar-refractivity contribution is 0.381. The van der Waals surface area contributed by atoms with Crippen molar-refractivity contribution >= 4 is 21.2 Å². The van der Waals surface area contributed by atoms with Crippen LogP contribution in [0.2, 0.25) is 0 Å². The zero-order valence-electron chi connectivity index (χ0n) is 16.4. The lowest BCUT2D eigenvalue weighted by Gasteiger charge is -2.06. The highest BCUT2D eigenvalue weighted by Gasteiger charge is 2.00. The van der Waals surface area contributed by atoms with Gasteiger partial charge in [-0.25, -0.2) is 0 Å². The number of hydrogen-bond acceptors (Lipinski definition) is 2. The number of hydrogen-bond donors (Lipinski definition) is 2. The van der Waals surface area contributed by atoms with Crippen molar-refractivity contribution in [3.05, 3.63) is 48.0 Å². The average Bonchev–Trinajstić information content (AvgIpc) is 2.62. The van der Waals surface area contributed by atoms with Crippen molar-refractivity contribution < 1.29 is 17.5 Å². The van der Waals surface area contributed by atoms with Crippen molar-refractivity contribution in [2.24, 2.45) is 0 Å². The van der Waals surface area contributed by atoms with Crippen LogP contribution in [0, 0.1) is 0 Å². The van der Waals surface area contributed by atoms with E-state index in [4.69, 9.17) is 17.5 Å². The summed E-state index contributed by atoms with van der Waals surface area (Å²) in [5.74, 6) is 0. The molecule has 5 heteroatoms. The summed E-state index contributed by atoms with van der Waals surface area (Å²) < 4.78 is 31.6. The molecule has 2 aromatic carbocycles. The van der Waals surface area contributed by atoms with Crippen LogP contribution in [0.3, 0.4) is 0 Å². The van der Waals surface area contributed by atoms with Gasteiger partial charge in [0, 0.05) is 0 Å². The minimum Gasteiger partial charge on any atom is -0.264 e. The van der Waals surface area contributed by atoms with Gasteiger partial charge in [0.2, 0.25) is 0 Å². The normalized spacial score (nSPS) is 11.2. The maximum atomic E-state index is 8.74. The van der Waals surface area contributed by atoms with Crippen molar-refractivity contribution in [3.8, 4) is 0 Å². The topological polar surface area (TPSA) is 74.6 Å². The first-order valence-corrected chi connectivity index (χ1v) is 11.5. The SMILES string of the molecule is CCCCCCCCCCCCc1cccc2ccccc12.O=S(=O)(O)O. The quantitative estimate of drug-likeness (QED) is 0.330. The van der Waals surface area contributed by atoms with E-state index in [1.54, 1.807) is 0 Å². The molecule has 0 amide bonds. The number of fused-ring (bicyclic) bond motifs is 1. The molecule has 2 N–H and O–H groups in total. The molecule has 0 radical (unpaired) electrons. The summed E-state index contributed by atoms with van der Waals surface area (Å²) in [5, 5.41) is 2.83. The Kier molecular flexibility index (Phi) is 12.0. The molecule has 0 saturated heterocycles. The van der Waals surface area contributed by atoms with Crippen molar-refractivity contribution in [2.75, 3.05) is 0 Å². The van der Waals surface area contributed by atoms with Gasteiger partial charge in [-0.15, -0.1) is 0 Å². The summed E-state index contributed by atoms with van der Waals surface area (Å²) >= 11 is 0. The molecular weight excluding hydrogens is 360 g/mol. The van der Waals surface area contributed by atoms with E-state index in [-0.39, 0.29) is 0 Å². The molecule has 0 atom stereocenters. The van der Waals surface area contributed by atoms with Gasteiger partial charge in [-0.2, -0.15) is 8.42 Å². The number of rotatable bonds is 11. The van der Waals surface area contributed by atoms with E-state index in [0.29, 0.717) is 0 Å². The summed E-state index contributed by atoms with van der Waals surface area (Å²) in [5.41, 5.74) is 1.53. The molecule has 0 unspecified atom stereocenters. The minimum absolute atomic E-state index is 1.23. The van der Waals surface area contributed by atoms with Crippen LogP contribution in [0.5, 0.6) is 0 Å². The van der Waals surface area contributed by atoms with Crippen LogP contribution in [0.15, 0.2) is 42.5 Å². The van der Waals surface area contributed by atoms with Gasteiger partial charge in [0.15, 0.2) is 0 Å². The average molecular weight is 395 g/mol. The van der Waals surface area contributed by atoms with E-state index in [1.807, 2.05) is 0 Å². The van der Waals surface area contributed by atoms with Crippen LogP contribution >= 0.6 is 0 Å². The van der Waals surface area contributed by atoms with E-state index in [2.05, 4.69) is 49.4 Å². The fourth-order valence-electron chi connectivity index (χ4n) is 3.31. The number of unbranched alkanes of at least 4 members (excludes halogenated alkanes) is 9. The van der Waals surface area contributed by atoms with Gasteiger partial charge in [-0.1, -0.05) is 107 Å². The fourth-order valence-corrected chi connectivity index (χ4v) is 3.31. The van der Waals surface area contributed by atoms with Crippen molar-refractivity contribution in [3.63, 3.8) is 0 Å². The third-order valence-corrected chi connectivity index (χ3v) is 4.68. The second-order valence-electron chi connectivity index (χ2n) is 7.02. The molecule has 2 aromatic rings. The standard InChI is InChI=1S/C22H32.H2O4S/c1-2-3-4-5-6-7-8-9-10-11-15-20-17-14-18-21-16-12-13-19-22(20)21;1-5(2,3)4/h12-14,16-19H,2-11,15H2,1H3;(H2,1,2,3,4). The van der Waals surface area contributed by atoms with Gasteiger partial charge in [0.25, 0.3) is 0 Å². The minimum atomic E-state index is -4.67. The number of aryl methyl sites for hydroxylation is 1. The summed E-state index contributed by atoms with van der Waals surface area (Å²) in [6, 6.07) is 15.5. The third-order valence-electron chi connectivity index (χ3n) is 4.68. The van der Waals surface area contributed by atoms with E-state index in [0.717, 1.165) is 0 Å². The Morgan fingerprint density at radius 2 is 1.19 bits per heavy atom. The van der Waals surface area contributed by atoms with E-state index < -0.39 is 10.4 Å².